The van der Waals surface area contributed by atoms with E-state index in [1.165, 1.54) is 17.5 Å². The molecular formula is C20H27N. The van der Waals surface area contributed by atoms with Crippen molar-refractivity contribution in [1.29, 1.82) is 0 Å². The first-order valence-electron chi connectivity index (χ1n) is 8.10. The summed E-state index contributed by atoms with van der Waals surface area (Å²) in [4.78, 5) is 0. The van der Waals surface area contributed by atoms with E-state index in [1.807, 2.05) is 0 Å². The molecule has 0 amide bonds. The van der Waals surface area contributed by atoms with Crippen molar-refractivity contribution in [3.05, 3.63) is 71.8 Å². The molecule has 112 valence electrons. The van der Waals surface area contributed by atoms with E-state index in [4.69, 9.17) is 0 Å². The zero-order valence-corrected chi connectivity index (χ0v) is 13.3. The minimum Gasteiger partial charge on any atom is -0.314 e. The molecule has 0 aliphatic heterocycles. The summed E-state index contributed by atoms with van der Waals surface area (Å²) in [6, 6.07) is 22.2. The largest absolute Gasteiger partial charge is 0.314 e. The summed E-state index contributed by atoms with van der Waals surface area (Å²) in [5.74, 6) is 0.626. The Morgan fingerprint density at radius 1 is 0.810 bits per heavy atom. The van der Waals surface area contributed by atoms with Crippen LogP contribution >= 0.6 is 0 Å². The molecule has 0 saturated carbocycles. The van der Waals surface area contributed by atoms with Gasteiger partial charge in [0.1, 0.15) is 0 Å². The van der Waals surface area contributed by atoms with Gasteiger partial charge in [0.05, 0.1) is 0 Å². The maximum Gasteiger partial charge on any atom is 0.00733 e. The van der Waals surface area contributed by atoms with Crippen LogP contribution in [0.15, 0.2) is 60.7 Å². The fourth-order valence-corrected chi connectivity index (χ4v) is 2.80. The molecule has 0 spiro atoms. The lowest BCUT2D eigenvalue weighted by atomic mass is 9.87. The van der Waals surface area contributed by atoms with E-state index in [1.54, 1.807) is 0 Å². The van der Waals surface area contributed by atoms with Gasteiger partial charge in [0.2, 0.25) is 0 Å². The maximum absolute atomic E-state index is 3.67. The number of benzene rings is 2. The van der Waals surface area contributed by atoms with E-state index >= 15 is 0 Å². The fraction of sp³-hybridized carbons (Fsp3) is 0.400. The van der Waals surface area contributed by atoms with E-state index in [-0.39, 0.29) is 0 Å². The number of hydrogen-bond acceptors (Lipinski definition) is 1. The molecule has 0 heterocycles. The van der Waals surface area contributed by atoms with Gasteiger partial charge >= 0.3 is 0 Å². The molecule has 1 atom stereocenters. The molecule has 2 aromatic carbocycles. The topological polar surface area (TPSA) is 12.0 Å². The monoisotopic (exact) mass is 281 g/mol. The van der Waals surface area contributed by atoms with Crippen molar-refractivity contribution in [3.8, 4) is 0 Å². The van der Waals surface area contributed by atoms with Gasteiger partial charge in [-0.15, -0.1) is 0 Å². The van der Waals surface area contributed by atoms with Crippen molar-refractivity contribution in [3.63, 3.8) is 0 Å². The van der Waals surface area contributed by atoms with Crippen LogP contribution in [0.2, 0.25) is 0 Å². The standard InChI is InChI=1S/C20H27N/c1-3-14-21-17(2)20(15-18-10-6-4-7-11-18)16-19-12-8-5-9-13-19/h4-13,17,20-21H,3,14-16H2,1-2H3. The molecule has 21 heavy (non-hydrogen) atoms. The highest BCUT2D eigenvalue weighted by molar-refractivity contribution is 5.19. The molecule has 1 unspecified atom stereocenters. The highest BCUT2D eigenvalue weighted by atomic mass is 14.9. The minimum absolute atomic E-state index is 0.533. The molecule has 0 fully saturated rings. The van der Waals surface area contributed by atoms with Crippen LogP contribution in [0.1, 0.15) is 31.4 Å². The first-order chi connectivity index (χ1) is 10.3. The highest BCUT2D eigenvalue weighted by Gasteiger charge is 2.17. The van der Waals surface area contributed by atoms with Gasteiger partial charge in [0.25, 0.3) is 0 Å². The average molecular weight is 281 g/mol. The van der Waals surface area contributed by atoms with Gasteiger partial charge in [-0.1, -0.05) is 67.6 Å². The Balaban J connectivity index is 2.06. The highest BCUT2D eigenvalue weighted by Crippen LogP contribution is 2.18. The molecule has 0 bridgehead atoms. The van der Waals surface area contributed by atoms with E-state index in [0.29, 0.717) is 12.0 Å². The van der Waals surface area contributed by atoms with Crippen LogP contribution in [0.3, 0.4) is 0 Å². The minimum atomic E-state index is 0.533. The third-order valence-corrected chi connectivity index (χ3v) is 4.10. The first kappa shape index (κ1) is 15.8. The van der Waals surface area contributed by atoms with Crippen LogP contribution in [0.25, 0.3) is 0 Å². The quantitative estimate of drug-likeness (QED) is 0.752. The SMILES string of the molecule is CCCNC(C)C(Cc1ccccc1)Cc1ccccc1. The summed E-state index contributed by atoms with van der Waals surface area (Å²) in [5, 5.41) is 3.67. The number of nitrogens with one attached hydrogen (secondary N) is 1. The third kappa shape index (κ3) is 5.35. The normalized spacial score (nSPS) is 12.5. The van der Waals surface area contributed by atoms with Gasteiger partial charge < -0.3 is 5.32 Å². The second kappa shape index (κ2) is 8.63. The Hall–Kier alpha value is -1.60. The van der Waals surface area contributed by atoms with Gasteiger partial charge in [-0.3, -0.25) is 0 Å². The molecule has 0 aliphatic carbocycles. The molecule has 0 aliphatic rings. The molecule has 0 radical (unpaired) electrons. The van der Waals surface area contributed by atoms with Gasteiger partial charge in [0.15, 0.2) is 0 Å². The van der Waals surface area contributed by atoms with Gasteiger partial charge in [-0.2, -0.15) is 0 Å². The van der Waals surface area contributed by atoms with Gasteiger partial charge in [-0.25, -0.2) is 0 Å². The van der Waals surface area contributed by atoms with Crippen molar-refractivity contribution in [2.45, 2.75) is 39.2 Å². The average Bonchev–Trinajstić information content (AvgIpc) is 2.54. The van der Waals surface area contributed by atoms with Crippen molar-refractivity contribution >= 4 is 0 Å². The van der Waals surface area contributed by atoms with Crippen LogP contribution in [0.4, 0.5) is 0 Å². The fourth-order valence-electron chi connectivity index (χ4n) is 2.80. The Labute approximate surface area is 129 Å². The Bertz CT molecular complexity index is 450. The number of rotatable bonds is 8. The molecule has 2 rings (SSSR count). The smallest absolute Gasteiger partial charge is 0.00733 e. The summed E-state index contributed by atoms with van der Waals surface area (Å²) >= 11 is 0. The van der Waals surface area contributed by atoms with Crippen molar-refractivity contribution < 1.29 is 0 Å². The Morgan fingerprint density at radius 3 is 1.71 bits per heavy atom. The molecule has 0 aromatic heterocycles. The zero-order chi connectivity index (χ0) is 14.9. The van der Waals surface area contributed by atoms with E-state index in [0.717, 1.165) is 19.4 Å². The van der Waals surface area contributed by atoms with Crippen LogP contribution < -0.4 is 5.32 Å². The van der Waals surface area contributed by atoms with E-state index in [9.17, 15) is 0 Å². The van der Waals surface area contributed by atoms with Crippen LogP contribution in [-0.2, 0) is 12.8 Å². The predicted molar refractivity (Wildman–Crippen MR) is 91.5 cm³/mol. The van der Waals surface area contributed by atoms with Crippen LogP contribution in [-0.4, -0.2) is 12.6 Å². The van der Waals surface area contributed by atoms with Crippen LogP contribution in [0, 0.1) is 5.92 Å². The Morgan fingerprint density at radius 2 is 1.29 bits per heavy atom. The summed E-state index contributed by atoms with van der Waals surface area (Å²) in [5.41, 5.74) is 2.87. The molecule has 1 N–H and O–H groups in total. The second-order valence-electron chi connectivity index (χ2n) is 5.88. The maximum atomic E-state index is 3.67. The third-order valence-electron chi connectivity index (χ3n) is 4.10. The summed E-state index contributed by atoms with van der Waals surface area (Å²) in [6.07, 6.45) is 3.45. The first-order valence-corrected chi connectivity index (χ1v) is 8.10. The molecule has 2 aromatic rings. The van der Waals surface area contributed by atoms with E-state index in [2.05, 4.69) is 79.8 Å². The lowest BCUT2D eigenvalue weighted by Gasteiger charge is -2.25. The predicted octanol–water partition coefficient (Wildman–Crippen LogP) is 4.48. The molecule has 0 saturated heterocycles. The second-order valence-corrected chi connectivity index (χ2v) is 5.88. The lowest BCUT2D eigenvalue weighted by molar-refractivity contribution is 0.369. The molecule has 1 heteroatoms. The summed E-state index contributed by atoms with van der Waals surface area (Å²) in [6.45, 7) is 5.65. The summed E-state index contributed by atoms with van der Waals surface area (Å²) < 4.78 is 0. The van der Waals surface area contributed by atoms with Gasteiger partial charge in [-0.05, 0) is 49.8 Å². The van der Waals surface area contributed by atoms with Crippen LogP contribution in [0.5, 0.6) is 0 Å². The lowest BCUT2D eigenvalue weighted by Crippen LogP contribution is -2.36. The molecular weight excluding hydrogens is 254 g/mol. The van der Waals surface area contributed by atoms with Crippen molar-refractivity contribution in [2.75, 3.05) is 6.54 Å². The zero-order valence-electron chi connectivity index (χ0n) is 13.3. The summed E-state index contributed by atoms with van der Waals surface area (Å²) in [7, 11) is 0. The van der Waals surface area contributed by atoms with Crippen molar-refractivity contribution in [2.24, 2.45) is 5.92 Å². The number of hydrogen-bond donors (Lipinski definition) is 1. The van der Waals surface area contributed by atoms with E-state index < -0.39 is 0 Å². The Kier molecular flexibility index (Phi) is 6.49. The molecule has 1 nitrogen and oxygen atoms in total. The van der Waals surface area contributed by atoms with Crippen molar-refractivity contribution in [1.82, 2.24) is 5.32 Å². The van der Waals surface area contributed by atoms with Gasteiger partial charge in [0, 0.05) is 6.04 Å².